The lowest BCUT2D eigenvalue weighted by Crippen LogP contribution is -2.05. The summed E-state index contributed by atoms with van der Waals surface area (Å²) in [5.74, 6) is -1.41. The van der Waals surface area contributed by atoms with Crippen molar-refractivity contribution < 1.29 is 18.3 Å². The van der Waals surface area contributed by atoms with Gasteiger partial charge in [-0.25, -0.2) is 8.78 Å². The molecule has 0 fully saturated rings. The molecule has 0 saturated heterocycles. The molecule has 0 saturated carbocycles. The Hall–Kier alpha value is -1.94. The molecule has 0 atom stereocenters. The van der Waals surface area contributed by atoms with Gasteiger partial charge in [0.05, 0.1) is 17.7 Å². The molecule has 0 N–H and O–H groups in total. The Morgan fingerprint density at radius 2 is 1.68 bits per heavy atom. The van der Waals surface area contributed by atoms with Crippen molar-refractivity contribution in [1.29, 1.82) is 0 Å². The fraction of sp³-hybridized carbons (Fsp3) is 0.0714. The number of rotatable bonds is 3. The van der Waals surface area contributed by atoms with Crippen molar-refractivity contribution in [2.75, 3.05) is 7.11 Å². The smallest absolute Gasteiger partial charge is 0.198 e. The molecule has 5 heteroatoms. The van der Waals surface area contributed by atoms with E-state index in [4.69, 9.17) is 16.3 Å². The van der Waals surface area contributed by atoms with Gasteiger partial charge in [0.15, 0.2) is 5.78 Å². The Kier molecular flexibility index (Phi) is 3.81. The molecule has 0 aromatic heterocycles. The maximum absolute atomic E-state index is 13.2. The van der Waals surface area contributed by atoms with Crippen LogP contribution in [0.2, 0.25) is 5.02 Å². The Morgan fingerprint density at radius 3 is 2.32 bits per heavy atom. The van der Waals surface area contributed by atoms with Crippen molar-refractivity contribution in [2.45, 2.75) is 0 Å². The van der Waals surface area contributed by atoms with Crippen molar-refractivity contribution in [3.8, 4) is 5.75 Å². The first kappa shape index (κ1) is 13.5. The Bertz CT molecular complexity index is 641. The molecule has 0 heterocycles. The molecule has 98 valence electrons. The summed E-state index contributed by atoms with van der Waals surface area (Å²) in [5.41, 5.74) is 0.128. The predicted octanol–water partition coefficient (Wildman–Crippen LogP) is 3.86. The minimum atomic E-state index is -0.567. The second kappa shape index (κ2) is 5.36. The molecule has 2 aromatic rings. The van der Waals surface area contributed by atoms with Crippen molar-refractivity contribution in [3.63, 3.8) is 0 Å². The van der Waals surface area contributed by atoms with Gasteiger partial charge in [-0.1, -0.05) is 11.6 Å². The first-order valence-corrected chi connectivity index (χ1v) is 5.74. The molecule has 0 aliphatic rings. The largest absolute Gasteiger partial charge is 0.496 e. The fourth-order valence-corrected chi connectivity index (χ4v) is 1.93. The minimum Gasteiger partial charge on any atom is -0.496 e. The third-order valence-electron chi connectivity index (χ3n) is 2.58. The molecule has 0 unspecified atom stereocenters. The number of carbonyl (C=O) groups excluding carboxylic acids is 1. The van der Waals surface area contributed by atoms with Gasteiger partial charge in [0.1, 0.15) is 17.4 Å². The van der Waals surface area contributed by atoms with Gasteiger partial charge in [0.25, 0.3) is 0 Å². The maximum atomic E-state index is 13.2. The van der Waals surface area contributed by atoms with Gasteiger partial charge in [-0.3, -0.25) is 4.79 Å². The van der Waals surface area contributed by atoms with Gasteiger partial charge in [0, 0.05) is 5.56 Å². The van der Waals surface area contributed by atoms with Crippen LogP contribution >= 0.6 is 11.6 Å². The first-order valence-electron chi connectivity index (χ1n) is 5.36. The summed E-state index contributed by atoms with van der Waals surface area (Å²) in [5, 5.41) is -0.0312. The number of ketones is 1. The summed E-state index contributed by atoms with van der Waals surface area (Å²) >= 11 is 5.81. The number of hydrogen-bond donors (Lipinski definition) is 0. The van der Waals surface area contributed by atoms with E-state index < -0.39 is 17.4 Å². The highest BCUT2D eigenvalue weighted by Crippen LogP contribution is 2.26. The lowest BCUT2D eigenvalue weighted by molar-refractivity contribution is 0.103. The summed E-state index contributed by atoms with van der Waals surface area (Å²) in [7, 11) is 1.37. The van der Waals surface area contributed by atoms with Crippen LogP contribution in [0, 0.1) is 11.6 Å². The molecular weight excluding hydrogens is 274 g/mol. The Balaban J connectivity index is 2.52. The van der Waals surface area contributed by atoms with Gasteiger partial charge in [-0.2, -0.15) is 0 Å². The van der Waals surface area contributed by atoms with Crippen molar-refractivity contribution in [3.05, 3.63) is 64.2 Å². The zero-order valence-electron chi connectivity index (χ0n) is 9.91. The summed E-state index contributed by atoms with van der Waals surface area (Å²) in [6.07, 6.45) is 0. The normalized spacial score (nSPS) is 10.3. The summed E-state index contributed by atoms with van der Waals surface area (Å²) < 4.78 is 31.2. The van der Waals surface area contributed by atoms with E-state index in [0.29, 0.717) is 0 Å². The van der Waals surface area contributed by atoms with Gasteiger partial charge in [0.2, 0.25) is 0 Å². The van der Waals surface area contributed by atoms with Crippen LogP contribution in [0.15, 0.2) is 36.4 Å². The SMILES string of the molecule is COc1ccc(F)cc1C(=O)c1ccc(F)cc1Cl. The molecule has 19 heavy (non-hydrogen) atoms. The highest BCUT2D eigenvalue weighted by molar-refractivity contribution is 6.35. The van der Waals surface area contributed by atoms with E-state index in [1.54, 1.807) is 0 Å². The molecular formula is C14H9ClF2O2. The summed E-state index contributed by atoms with van der Waals surface area (Å²) in [6, 6.07) is 6.98. The third kappa shape index (κ3) is 2.74. The number of hydrogen-bond acceptors (Lipinski definition) is 2. The monoisotopic (exact) mass is 282 g/mol. The highest BCUT2D eigenvalue weighted by atomic mass is 35.5. The summed E-state index contributed by atoms with van der Waals surface area (Å²) in [6.45, 7) is 0. The van der Waals surface area contributed by atoms with Crippen molar-refractivity contribution in [1.82, 2.24) is 0 Å². The van der Waals surface area contributed by atoms with Crippen LogP contribution in [0.5, 0.6) is 5.75 Å². The standard InChI is InChI=1S/C14H9ClF2O2/c1-19-13-5-3-8(16)6-11(13)14(18)10-4-2-9(17)7-12(10)15/h2-7H,1H3. The minimum absolute atomic E-state index is 0.0312. The number of carbonyl (C=O) groups is 1. The van der Waals surface area contributed by atoms with Gasteiger partial charge < -0.3 is 4.74 Å². The van der Waals surface area contributed by atoms with Gasteiger partial charge in [-0.15, -0.1) is 0 Å². The quantitative estimate of drug-likeness (QED) is 0.799. The van der Waals surface area contributed by atoms with E-state index in [2.05, 4.69) is 0 Å². The molecule has 0 radical (unpaired) electrons. The number of halogens is 3. The van der Waals surface area contributed by atoms with E-state index in [9.17, 15) is 13.6 Å². The zero-order valence-corrected chi connectivity index (χ0v) is 10.7. The zero-order chi connectivity index (χ0) is 14.0. The molecule has 0 amide bonds. The highest BCUT2D eigenvalue weighted by Gasteiger charge is 2.18. The molecule has 0 spiro atoms. The van der Waals surface area contributed by atoms with E-state index in [1.807, 2.05) is 0 Å². The van der Waals surface area contributed by atoms with E-state index in [1.165, 1.54) is 25.3 Å². The van der Waals surface area contributed by atoms with Crippen LogP contribution in [-0.4, -0.2) is 12.9 Å². The Labute approximate surface area is 113 Å². The van der Waals surface area contributed by atoms with Crippen LogP contribution in [0.3, 0.4) is 0 Å². The van der Waals surface area contributed by atoms with E-state index in [-0.39, 0.29) is 21.9 Å². The van der Waals surface area contributed by atoms with Crippen LogP contribution in [0.4, 0.5) is 8.78 Å². The molecule has 2 aromatic carbocycles. The van der Waals surface area contributed by atoms with Crippen molar-refractivity contribution >= 4 is 17.4 Å². The van der Waals surface area contributed by atoms with E-state index >= 15 is 0 Å². The second-order valence-corrected chi connectivity index (χ2v) is 4.21. The van der Waals surface area contributed by atoms with Crippen LogP contribution in [-0.2, 0) is 0 Å². The molecule has 0 aliphatic heterocycles. The molecule has 0 bridgehead atoms. The topological polar surface area (TPSA) is 26.3 Å². The second-order valence-electron chi connectivity index (χ2n) is 3.80. The lowest BCUT2D eigenvalue weighted by Gasteiger charge is -2.08. The number of benzene rings is 2. The predicted molar refractivity (Wildman–Crippen MR) is 67.8 cm³/mol. The van der Waals surface area contributed by atoms with Crippen LogP contribution < -0.4 is 4.74 Å². The number of ether oxygens (including phenoxy) is 1. The summed E-state index contributed by atoms with van der Waals surface area (Å²) in [4.78, 5) is 12.3. The molecule has 0 aliphatic carbocycles. The average molecular weight is 283 g/mol. The fourth-order valence-electron chi connectivity index (χ4n) is 1.68. The Morgan fingerprint density at radius 1 is 1.05 bits per heavy atom. The van der Waals surface area contributed by atoms with Crippen LogP contribution in [0.25, 0.3) is 0 Å². The average Bonchev–Trinajstić information content (AvgIpc) is 2.38. The van der Waals surface area contributed by atoms with E-state index in [0.717, 1.165) is 18.2 Å². The van der Waals surface area contributed by atoms with Gasteiger partial charge in [-0.05, 0) is 36.4 Å². The lowest BCUT2D eigenvalue weighted by atomic mass is 10.0. The third-order valence-corrected chi connectivity index (χ3v) is 2.89. The maximum Gasteiger partial charge on any atom is 0.198 e. The van der Waals surface area contributed by atoms with Crippen LogP contribution in [0.1, 0.15) is 15.9 Å². The van der Waals surface area contributed by atoms with Gasteiger partial charge >= 0.3 is 0 Å². The first-order chi connectivity index (χ1) is 9.02. The number of methoxy groups -OCH3 is 1. The van der Waals surface area contributed by atoms with Crippen molar-refractivity contribution in [2.24, 2.45) is 0 Å². The molecule has 2 rings (SSSR count). The molecule has 2 nitrogen and oxygen atoms in total.